The van der Waals surface area contributed by atoms with Crippen LogP contribution in [0.5, 0.6) is 0 Å². The summed E-state index contributed by atoms with van der Waals surface area (Å²) in [6.07, 6.45) is 1.64. The highest BCUT2D eigenvalue weighted by Gasteiger charge is 2.30. The maximum atomic E-state index is 12.9. The van der Waals surface area contributed by atoms with E-state index >= 15 is 0 Å². The second kappa shape index (κ2) is 9.03. The number of alkyl halides is 3. The number of pyridine rings is 1. The second-order valence-electron chi connectivity index (χ2n) is 7.94. The van der Waals surface area contributed by atoms with Crippen molar-refractivity contribution in [1.82, 2.24) is 24.7 Å². The standard InChI is InChI=1S/C26H17F3N6O/c1-16-2-5-19(25(36)34-24-12-20(8-9-30-24)26(27,28)29)11-18(16)6-3-17-4-7-23-22(10-17)31-15-35(23)21-13-32-33-14-21/h2,4-5,7-15H,1H3,(H,32,33)(H,30,34,36). The zero-order valence-electron chi connectivity index (χ0n) is 18.8. The van der Waals surface area contributed by atoms with E-state index < -0.39 is 17.6 Å². The second-order valence-corrected chi connectivity index (χ2v) is 7.94. The number of halogens is 3. The number of hydrogen-bond acceptors (Lipinski definition) is 4. The minimum atomic E-state index is -4.53. The number of carbonyl (C=O) groups is 1. The molecule has 2 aromatic carbocycles. The SMILES string of the molecule is Cc1ccc(C(=O)Nc2cc(C(F)(F)F)ccn2)cc1C#Cc1ccc2c(c1)ncn2-c1cn[nH]c1. The summed E-state index contributed by atoms with van der Waals surface area (Å²) in [5.41, 5.74) is 4.09. The van der Waals surface area contributed by atoms with Crippen LogP contribution in [0.1, 0.15) is 32.6 Å². The summed E-state index contributed by atoms with van der Waals surface area (Å²) in [6.45, 7) is 1.86. The lowest BCUT2D eigenvalue weighted by molar-refractivity contribution is -0.137. The topological polar surface area (TPSA) is 88.5 Å². The van der Waals surface area contributed by atoms with Gasteiger partial charge in [-0.05, 0) is 55.0 Å². The number of amides is 1. The van der Waals surface area contributed by atoms with Gasteiger partial charge in [-0.3, -0.25) is 14.5 Å². The van der Waals surface area contributed by atoms with E-state index in [0.29, 0.717) is 5.56 Å². The number of carbonyl (C=O) groups excluding carboxylic acids is 1. The number of nitrogens with one attached hydrogen (secondary N) is 2. The third-order valence-electron chi connectivity index (χ3n) is 5.48. The van der Waals surface area contributed by atoms with Gasteiger partial charge in [0.05, 0.1) is 28.5 Å². The third-order valence-corrected chi connectivity index (χ3v) is 5.48. The molecule has 36 heavy (non-hydrogen) atoms. The molecule has 2 N–H and O–H groups in total. The fraction of sp³-hybridized carbons (Fsp3) is 0.0769. The fourth-order valence-electron chi connectivity index (χ4n) is 3.57. The minimum absolute atomic E-state index is 0.189. The van der Waals surface area contributed by atoms with Crippen LogP contribution in [0.15, 0.2) is 73.4 Å². The van der Waals surface area contributed by atoms with Crippen LogP contribution >= 0.6 is 0 Å². The minimum Gasteiger partial charge on any atom is -0.307 e. The Balaban J connectivity index is 1.38. The maximum Gasteiger partial charge on any atom is 0.416 e. The zero-order valence-corrected chi connectivity index (χ0v) is 18.8. The van der Waals surface area contributed by atoms with Crippen LogP contribution < -0.4 is 5.32 Å². The molecule has 0 atom stereocenters. The van der Waals surface area contributed by atoms with E-state index in [0.717, 1.165) is 46.2 Å². The van der Waals surface area contributed by atoms with Gasteiger partial charge in [-0.15, -0.1) is 0 Å². The summed E-state index contributed by atoms with van der Waals surface area (Å²) in [4.78, 5) is 20.9. The van der Waals surface area contributed by atoms with Crippen LogP contribution in [0.3, 0.4) is 0 Å². The van der Waals surface area contributed by atoms with Crippen LogP contribution in [-0.4, -0.2) is 30.6 Å². The molecule has 5 aromatic rings. The van der Waals surface area contributed by atoms with Crippen LogP contribution in [-0.2, 0) is 6.18 Å². The number of imidazole rings is 1. The van der Waals surface area contributed by atoms with E-state index in [1.807, 2.05) is 29.7 Å². The molecular formula is C26H17F3N6O. The zero-order chi connectivity index (χ0) is 25.3. The van der Waals surface area contributed by atoms with Gasteiger partial charge in [-0.2, -0.15) is 18.3 Å². The van der Waals surface area contributed by atoms with E-state index in [2.05, 4.69) is 37.3 Å². The molecule has 3 aromatic heterocycles. The highest BCUT2D eigenvalue weighted by atomic mass is 19.4. The molecule has 0 saturated carbocycles. The normalized spacial score (nSPS) is 11.2. The fourth-order valence-corrected chi connectivity index (χ4v) is 3.57. The lowest BCUT2D eigenvalue weighted by Crippen LogP contribution is -2.14. The van der Waals surface area contributed by atoms with Crippen molar-refractivity contribution >= 4 is 22.8 Å². The van der Waals surface area contributed by atoms with E-state index in [1.165, 1.54) is 0 Å². The molecule has 178 valence electrons. The molecule has 0 aliphatic rings. The first-order chi connectivity index (χ1) is 17.3. The number of hydrogen-bond donors (Lipinski definition) is 2. The molecule has 10 heteroatoms. The molecule has 7 nitrogen and oxygen atoms in total. The first-order valence-corrected chi connectivity index (χ1v) is 10.7. The van der Waals surface area contributed by atoms with Gasteiger partial charge >= 0.3 is 6.18 Å². The Morgan fingerprint density at radius 1 is 1.06 bits per heavy atom. The van der Waals surface area contributed by atoms with Gasteiger partial charge in [-0.25, -0.2) is 9.97 Å². The van der Waals surface area contributed by atoms with Crippen LogP contribution in [0.4, 0.5) is 19.0 Å². The lowest BCUT2D eigenvalue weighted by Gasteiger charge is -2.09. The monoisotopic (exact) mass is 486 g/mol. The molecular weight excluding hydrogens is 469 g/mol. The van der Waals surface area contributed by atoms with Crippen LogP contribution in [0, 0.1) is 18.8 Å². The summed E-state index contributed by atoms with van der Waals surface area (Å²) in [7, 11) is 0. The average Bonchev–Trinajstić information content (AvgIpc) is 3.53. The summed E-state index contributed by atoms with van der Waals surface area (Å²) >= 11 is 0. The predicted molar refractivity (Wildman–Crippen MR) is 128 cm³/mol. The van der Waals surface area contributed by atoms with E-state index in [4.69, 9.17) is 0 Å². The number of nitrogens with zero attached hydrogens (tertiary/aromatic N) is 4. The Morgan fingerprint density at radius 3 is 2.69 bits per heavy atom. The molecule has 0 bridgehead atoms. The van der Waals surface area contributed by atoms with Gasteiger partial charge in [0, 0.05) is 29.1 Å². The lowest BCUT2D eigenvalue weighted by atomic mass is 10.0. The molecule has 0 spiro atoms. The highest BCUT2D eigenvalue weighted by Crippen LogP contribution is 2.30. The Labute approximate surface area is 203 Å². The number of H-pyrrole nitrogens is 1. The van der Waals surface area contributed by atoms with Crippen molar-refractivity contribution in [2.24, 2.45) is 0 Å². The van der Waals surface area contributed by atoms with Crippen molar-refractivity contribution in [2.75, 3.05) is 5.32 Å². The maximum absolute atomic E-state index is 12.9. The molecule has 0 aliphatic carbocycles. The molecule has 5 rings (SSSR count). The molecule has 0 saturated heterocycles. The number of aromatic nitrogens is 5. The number of fused-ring (bicyclic) bond motifs is 1. The summed E-state index contributed by atoms with van der Waals surface area (Å²) in [6, 6.07) is 12.2. The predicted octanol–water partition coefficient (Wildman–Crippen LogP) is 5.12. The smallest absolute Gasteiger partial charge is 0.307 e. The van der Waals surface area contributed by atoms with Gasteiger partial charge in [0.15, 0.2) is 0 Å². The molecule has 0 fully saturated rings. The van der Waals surface area contributed by atoms with E-state index in [-0.39, 0.29) is 11.4 Å². The quantitative estimate of drug-likeness (QED) is 0.347. The Kier molecular flexibility index (Phi) is 5.74. The summed E-state index contributed by atoms with van der Waals surface area (Å²) < 4.78 is 40.7. The van der Waals surface area contributed by atoms with Crippen molar-refractivity contribution in [3.05, 3.63) is 101 Å². The largest absolute Gasteiger partial charge is 0.416 e. The Hall–Kier alpha value is -4.91. The Morgan fingerprint density at radius 2 is 1.92 bits per heavy atom. The third kappa shape index (κ3) is 4.67. The van der Waals surface area contributed by atoms with Gasteiger partial charge < -0.3 is 5.32 Å². The summed E-state index contributed by atoms with van der Waals surface area (Å²) in [5, 5.41) is 9.14. The van der Waals surface area contributed by atoms with Gasteiger partial charge in [0.25, 0.3) is 5.91 Å². The number of rotatable bonds is 3. The Bertz CT molecular complexity index is 1640. The highest BCUT2D eigenvalue weighted by molar-refractivity contribution is 6.04. The molecule has 1 amide bonds. The molecule has 0 radical (unpaired) electrons. The van der Waals surface area contributed by atoms with Crippen molar-refractivity contribution in [3.8, 4) is 17.5 Å². The van der Waals surface area contributed by atoms with Crippen molar-refractivity contribution in [2.45, 2.75) is 13.1 Å². The number of aromatic amines is 1. The molecule has 3 heterocycles. The summed E-state index contributed by atoms with van der Waals surface area (Å²) in [5.74, 6) is 5.39. The molecule has 0 aliphatic heterocycles. The average molecular weight is 486 g/mol. The first kappa shape index (κ1) is 22.9. The first-order valence-electron chi connectivity index (χ1n) is 10.7. The van der Waals surface area contributed by atoms with Crippen molar-refractivity contribution in [3.63, 3.8) is 0 Å². The van der Waals surface area contributed by atoms with Gasteiger partial charge in [0.1, 0.15) is 12.1 Å². The van der Waals surface area contributed by atoms with Gasteiger partial charge in [-0.1, -0.05) is 17.9 Å². The van der Waals surface area contributed by atoms with Crippen molar-refractivity contribution in [1.29, 1.82) is 0 Å². The van der Waals surface area contributed by atoms with Crippen LogP contribution in [0.2, 0.25) is 0 Å². The number of aryl methyl sites for hydroxylation is 1. The van der Waals surface area contributed by atoms with Gasteiger partial charge in [0.2, 0.25) is 0 Å². The number of anilines is 1. The van der Waals surface area contributed by atoms with E-state index in [1.54, 1.807) is 36.9 Å². The van der Waals surface area contributed by atoms with E-state index in [9.17, 15) is 18.0 Å². The van der Waals surface area contributed by atoms with Crippen molar-refractivity contribution < 1.29 is 18.0 Å². The molecule has 0 unspecified atom stereocenters. The number of benzene rings is 2. The van der Waals surface area contributed by atoms with Crippen LogP contribution in [0.25, 0.3) is 16.7 Å².